The molecule has 3 aromatic heterocycles. The largest absolute Gasteiger partial charge is 0.396 e. The molecular weight excluding hydrogens is 230 g/mol. The Labute approximate surface area is 103 Å². The van der Waals surface area contributed by atoms with E-state index in [9.17, 15) is 0 Å². The third kappa shape index (κ3) is 1.69. The standard InChI is InChI=1S/C11H13N7/c1-7-3-10-15-16-11(18(10)8(2)14-7)6-17-5-9(12)4-13-17/h3-5H,6,12H2,1-2H3. The quantitative estimate of drug-likeness (QED) is 0.711. The van der Waals surface area contributed by atoms with Gasteiger partial charge >= 0.3 is 0 Å². The van der Waals surface area contributed by atoms with Crippen LogP contribution in [0.25, 0.3) is 5.65 Å². The molecule has 18 heavy (non-hydrogen) atoms. The number of anilines is 1. The lowest BCUT2D eigenvalue weighted by Crippen LogP contribution is -2.07. The molecule has 0 bridgehead atoms. The van der Waals surface area contributed by atoms with Gasteiger partial charge in [0.05, 0.1) is 11.9 Å². The van der Waals surface area contributed by atoms with E-state index in [2.05, 4.69) is 20.3 Å². The SMILES string of the molecule is Cc1cc2nnc(Cn3cc(N)cn3)n2c(C)n1. The van der Waals surface area contributed by atoms with Crippen molar-refractivity contribution in [3.63, 3.8) is 0 Å². The molecule has 0 aliphatic rings. The van der Waals surface area contributed by atoms with Crippen molar-refractivity contribution >= 4 is 11.3 Å². The van der Waals surface area contributed by atoms with Crippen molar-refractivity contribution in [1.82, 2.24) is 29.4 Å². The normalized spacial score (nSPS) is 11.2. The molecule has 92 valence electrons. The van der Waals surface area contributed by atoms with E-state index in [4.69, 9.17) is 5.73 Å². The Hall–Kier alpha value is -2.44. The molecule has 2 N–H and O–H groups in total. The minimum absolute atomic E-state index is 0.518. The van der Waals surface area contributed by atoms with Gasteiger partial charge in [-0.05, 0) is 13.8 Å². The Morgan fingerprint density at radius 2 is 2.11 bits per heavy atom. The molecule has 0 fully saturated rings. The minimum atomic E-state index is 0.518. The second-order valence-corrected chi connectivity index (χ2v) is 4.23. The smallest absolute Gasteiger partial charge is 0.164 e. The van der Waals surface area contributed by atoms with Gasteiger partial charge in [0.2, 0.25) is 0 Å². The van der Waals surface area contributed by atoms with E-state index in [1.807, 2.05) is 24.3 Å². The van der Waals surface area contributed by atoms with Gasteiger partial charge in [-0.25, -0.2) is 4.98 Å². The second kappa shape index (κ2) is 3.80. The first-order chi connectivity index (χ1) is 8.63. The summed E-state index contributed by atoms with van der Waals surface area (Å²) in [5.74, 6) is 1.66. The average Bonchev–Trinajstić information content (AvgIpc) is 2.86. The number of nitrogen functional groups attached to an aromatic ring is 1. The number of hydrogen-bond acceptors (Lipinski definition) is 5. The van der Waals surface area contributed by atoms with E-state index >= 15 is 0 Å². The molecule has 3 aromatic rings. The summed E-state index contributed by atoms with van der Waals surface area (Å²) in [5, 5.41) is 12.5. The maximum atomic E-state index is 5.63. The van der Waals surface area contributed by atoms with Crippen LogP contribution < -0.4 is 5.73 Å². The van der Waals surface area contributed by atoms with Gasteiger partial charge in [-0.1, -0.05) is 0 Å². The van der Waals surface area contributed by atoms with Crippen molar-refractivity contribution < 1.29 is 0 Å². The summed E-state index contributed by atoms with van der Waals surface area (Å²) in [7, 11) is 0. The lowest BCUT2D eigenvalue weighted by atomic mass is 10.4. The van der Waals surface area contributed by atoms with Gasteiger partial charge in [-0.2, -0.15) is 5.10 Å². The fourth-order valence-corrected chi connectivity index (χ4v) is 2.01. The number of fused-ring (bicyclic) bond motifs is 1. The minimum Gasteiger partial charge on any atom is -0.396 e. The van der Waals surface area contributed by atoms with Crippen LogP contribution in [-0.2, 0) is 6.54 Å². The van der Waals surface area contributed by atoms with Gasteiger partial charge in [0.15, 0.2) is 11.5 Å². The third-order valence-electron chi connectivity index (χ3n) is 2.71. The van der Waals surface area contributed by atoms with Gasteiger partial charge in [0, 0.05) is 18.0 Å². The molecule has 0 saturated carbocycles. The van der Waals surface area contributed by atoms with E-state index in [0.717, 1.165) is 23.0 Å². The number of hydrogen-bond donors (Lipinski definition) is 1. The highest BCUT2D eigenvalue weighted by Gasteiger charge is 2.10. The summed E-state index contributed by atoms with van der Waals surface area (Å²) in [6.07, 6.45) is 3.37. The lowest BCUT2D eigenvalue weighted by Gasteiger charge is -2.04. The van der Waals surface area contributed by atoms with Crippen molar-refractivity contribution in [3.05, 3.63) is 35.8 Å². The molecule has 0 atom stereocenters. The Bertz CT molecular complexity index is 709. The van der Waals surface area contributed by atoms with Crippen LogP contribution in [-0.4, -0.2) is 29.4 Å². The van der Waals surface area contributed by atoms with Gasteiger partial charge in [-0.3, -0.25) is 9.08 Å². The van der Waals surface area contributed by atoms with E-state index in [1.54, 1.807) is 17.1 Å². The maximum absolute atomic E-state index is 5.63. The predicted octanol–water partition coefficient (Wildman–Crippen LogP) is 0.568. The van der Waals surface area contributed by atoms with E-state index < -0.39 is 0 Å². The molecule has 0 saturated heterocycles. The lowest BCUT2D eigenvalue weighted by molar-refractivity contribution is 0.645. The molecular formula is C11H13N7. The van der Waals surface area contributed by atoms with Crippen LogP contribution in [0.4, 0.5) is 5.69 Å². The zero-order chi connectivity index (χ0) is 12.7. The Kier molecular flexibility index (Phi) is 2.26. The summed E-state index contributed by atoms with van der Waals surface area (Å²) < 4.78 is 3.65. The first kappa shape index (κ1) is 10.7. The van der Waals surface area contributed by atoms with Crippen LogP contribution in [0.15, 0.2) is 18.5 Å². The Morgan fingerprint density at radius 3 is 2.83 bits per heavy atom. The summed E-state index contributed by atoms with van der Waals surface area (Å²) in [6.45, 7) is 4.39. The monoisotopic (exact) mass is 243 g/mol. The van der Waals surface area contributed by atoms with Crippen molar-refractivity contribution in [2.45, 2.75) is 20.4 Å². The summed E-state index contributed by atoms with van der Waals surface area (Å²) in [5.41, 5.74) is 8.00. The number of aryl methyl sites for hydroxylation is 2. The van der Waals surface area contributed by atoms with Gasteiger partial charge < -0.3 is 5.73 Å². The molecule has 3 heterocycles. The summed E-state index contributed by atoms with van der Waals surface area (Å²) in [4.78, 5) is 4.41. The van der Waals surface area contributed by atoms with Crippen LogP contribution >= 0.6 is 0 Å². The number of rotatable bonds is 2. The van der Waals surface area contributed by atoms with Crippen LogP contribution in [0.1, 0.15) is 17.3 Å². The van der Waals surface area contributed by atoms with E-state index in [0.29, 0.717) is 12.2 Å². The van der Waals surface area contributed by atoms with Gasteiger partial charge in [0.25, 0.3) is 0 Å². The maximum Gasteiger partial charge on any atom is 0.164 e. The predicted molar refractivity (Wildman–Crippen MR) is 66.0 cm³/mol. The molecule has 0 spiro atoms. The van der Waals surface area contributed by atoms with Crippen LogP contribution in [0, 0.1) is 13.8 Å². The van der Waals surface area contributed by atoms with Gasteiger partial charge in [0.1, 0.15) is 12.4 Å². The van der Waals surface area contributed by atoms with Crippen molar-refractivity contribution in [1.29, 1.82) is 0 Å². The Balaban J connectivity index is 2.07. The van der Waals surface area contributed by atoms with E-state index in [1.165, 1.54) is 0 Å². The number of aromatic nitrogens is 6. The summed E-state index contributed by atoms with van der Waals surface area (Å²) in [6, 6.07) is 1.90. The molecule has 0 aliphatic carbocycles. The van der Waals surface area contributed by atoms with Crippen LogP contribution in [0.2, 0.25) is 0 Å². The summed E-state index contributed by atoms with van der Waals surface area (Å²) >= 11 is 0. The highest BCUT2D eigenvalue weighted by atomic mass is 15.3. The molecule has 0 aromatic carbocycles. The fraction of sp³-hybridized carbons (Fsp3) is 0.273. The Morgan fingerprint density at radius 1 is 1.28 bits per heavy atom. The first-order valence-corrected chi connectivity index (χ1v) is 5.59. The van der Waals surface area contributed by atoms with Crippen molar-refractivity contribution in [2.24, 2.45) is 0 Å². The van der Waals surface area contributed by atoms with Gasteiger partial charge in [-0.15, -0.1) is 10.2 Å². The van der Waals surface area contributed by atoms with Crippen molar-refractivity contribution in [3.8, 4) is 0 Å². The molecule has 0 aliphatic heterocycles. The van der Waals surface area contributed by atoms with E-state index in [-0.39, 0.29) is 0 Å². The highest BCUT2D eigenvalue weighted by Crippen LogP contribution is 2.09. The van der Waals surface area contributed by atoms with Crippen molar-refractivity contribution in [2.75, 3.05) is 5.73 Å². The first-order valence-electron chi connectivity index (χ1n) is 5.59. The highest BCUT2D eigenvalue weighted by molar-refractivity contribution is 5.40. The van der Waals surface area contributed by atoms with Crippen LogP contribution in [0.5, 0.6) is 0 Å². The molecule has 7 nitrogen and oxygen atoms in total. The van der Waals surface area contributed by atoms with Crippen LogP contribution in [0.3, 0.4) is 0 Å². The zero-order valence-corrected chi connectivity index (χ0v) is 10.2. The molecule has 0 radical (unpaired) electrons. The fourth-order valence-electron chi connectivity index (χ4n) is 2.01. The topological polar surface area (TPSA) is 86.9 Å². The molecule has 0 unspecified atom stereocenters. The third-order valence-corrected chi connectivity index (χ3v) is 2.71. The average molecular weight is 243 g/mol. The second-order valence-electron chi connectivity index (χ2n) is 4.23. The number of nitrogens with two attached hydrogens (primary N) is 1. The number of nitrogens with zero attached hydrogens (tertiary/aromatic N) is 6. The zero-order valence-electron chi connectivity index (χ0n) is 10.2. The molecule has 0 amide bonds. The molecule has 3 rings (SSSR count). The molecule has 7 heteroatoms.